The van der Waals surface area contributed by atoms with Gasteiger partial charge in [-0.25, -0.2) is 4.79 Å². The van der Waals surface area contributed by atoms with Crippen molar-refractivity contribution in [3.63, 3.8) is 0 Å². The summed E-state index contributed by atoms with van der Waals surface area (Å²) < 4.78 is 9.88. The third-order valence-corrected chi connectivity index (χ3v) is 1.69. The van der Waals surface area contributed by atoms with Crippen molar-refractivity contribution >= 4 is 6.16 Å². The number of carbonyl (C=O) groups is 1. The standard InChI is InChI=1S/C12H14O3/c1-3-7-10(2)14-12(13)15-11-8-5-4-6-9-11/h3-10H,1-2H3/b7-3+/t10-/m0/s1. The van der Waals surface area contributed by atoms with E-state index in [0.717, 1.165) is 0 Å². The van der Waals surface area contributed by atoms with Gasteiger partial charge in [0, 0.05) is 0 Å². The van der Waals surface area contributed by atoms with Crippen molar-refractivity contribution in [1.29, 1.82) is 0 Å². The van der Waals surface area contributed by atoms with Gasteiger partial charge in [0.2, 0.25) is 0 Å². The highest BCUT2D eigenvalue weighted by molar-refractivity contribution is 5.64. The zero-order valence-corrected chi connectivity index (χ0v) is 8.84. The van der Waals surface area contributed by atoms with Gasteiger partial charge >= 0.3 is 6.16 Å². The molecule has 1 aromatic carbocycles. The van der Waals surface area contributed by atoms with E-state index >= 15 is 0 Å². The first-order chi connectivity index (χ1) is 7.22. The van der Waals surface area contributed by atoms with Gasteiger partial charge in [0.1, 0.15) is 11.9 Å². The summed E-state index contributed by atoms with van der Waals surface area (Å²) in [6, 6.07) is 8.82. The van der Waals surface area contributed by atoms with Crippen molar-refractivity contribution in [1.82, 2.24) is 0 Å². The Morgan fingerprint density at radius 1 is 1.33 bits per heavy atom. The van der Waals surface area contributed by atoms with Gasteiger partial charge in [-0.05, 0) is 32.1 Å². The second kappa shape index (κ2) is 5.86. The van der Waals surface area contributed by atoms with Gasteiger partial charge in [0.05, 0.1) is 0 Å². The Hall–Kier alpha value is -1.77. The van der Waals surface area contributed by atoms with Crippen LogP contribution in [0.15, 0.2) is 42.5 Å². The van der Waals surface area contributed by atoms with Crippen LogP contribution in [0.25, 0.3) is 0 Å². The molecule has 1 rings (SSSR count). The molecule has 0 amide bonds. The number of para-hydroxylation sites is 1. The molecule has 0 unspecified atom stereocenters. The van der Waals surface area contributed by atoms with Crippen LogP contribution in [0, 0.1) is 0 Å². The number of rotatable bonds is 3. The van der Waals surface area contributed by atoms with E-state index in [1.807, 2.05) is 19.1 Å². The van der Waals surface area contributed by atoms with Gasteiger partial charge in [-0.2, -0.15) is 0 Å². The summed E-state index contributed by atoms with van der Waals surface area (Å²) in [4.78, 5) is 11.2. The molecule has 0 saturated carbocycles. The Morgan fingerprint density at radius 2 is 2.00 bits per heavy atom. The average molecular weight is 206 g/mol. The minimum absolute atomic E-state index is 0.272. The van der Waals surface area contributed by atoms with Crippen LogP contribution in [0.1, 0.15) is 13.8 Å². The van der Waals surface area contributed by atoms with Gasteiger partial charge in [-0.15, -0.1) is 0 Å². The lowest BCUT2D eigenvalue weighted by Gasteiger charge is -2.08. The number of hydrogen-bond acceptors (Lipinski definition) is 3. The molecule has 1 aromatic rings. The SMILES string of the molecule is C/C=C/[C@H](C)OC(=O)Oc1ccccc1. The predicted octanol–water partition coefficient (Wildman–Crippen LogP) is 3.17. The van der Waals surface area contributed by atoms with E-state index < -0.39 is 6.16 Å². The lowest BCUT2D eigenvalue weighted by atomic mass is 10.3. The zero-order chi connectivity index (χ0) is 11.1. The number of carbonyl (C=O) groups excluding carboxylic acids is 1. The van der Waals surface area contributed by atoms with Gasteiger partial charge in [-0.1, -0.05) is 24.3 Å². The highest BCUT2D eigenvalue weighted by Crippen LogP contribution is 2.09. The Balaban J connectivity index is 2.43. The average Bonchev–Trinajstić information content (AvgIpc) is 2.19. The van der Waals surface area contributed by atoms with E-state index in [9.17, 15) is 4.79 Å². The first-order valence-corrected chi connectivity index (χ1v) is 4.78. The molecule has 0 heterocycles. The van der Waals surface area contributed by atoms with Crippen LogP contribution in [0.3, 0.4) is 0 Å². The Bertz CT molecular complexity index is 330. The van der Waals surface area contributed by atoms with Crippen molar-refractivity contribution in [3.05, 3.63) is 42.5 Å². The fourth-order valence-corrected chi connectivity index (χ4v) is 1.07. The zero-order valence-electron chi connectivity index (χ0n) is 8.84. The molecule has 3 heteroatoms. The topological polar surface area (TPSA) is 35.5 Å². The summed E-state index contributed by atoms with van der Waals surface area (Å²) in [7, 11) is 0. The molecule has 3 nitrogen and oxygen atoms in total. The summed E-state index contributed by atoms with van der Waals surface area (Å²) in [6.07, 6.45) is 2.63. The number of ether oxygens (including phenoxy) is 2. The Morgan fingerprint density at radius 3 is 2.60 bits per heavy atom. The molecule has 0 bridgehead atoms. The molecule has 0 aliphatic rings. The van der Waals surface area contributed by atoms with Crippen molar-refractivity contribution in [3.8, 4) is 5.75 Å². The van der Waals surface area contributed by atoms with E-state index in [4.69, 9.17) is 9.47 Å². The highest BCUT2D eigenvalue weighted by Gasteiger charge is 2.08. The predicted molar refractivity (Wildman–Crippen MR) is 57.8 cm³/mol. The third kappa shape index (κ3) is 4.31. The molecule has 1 atom stereocenters. The molecule has 0 aliphatic carbocycles. The highest BCUT2D eigenvalue weighted by atomic mass is 16.7. The second-order valence-electron chi connectivity index (χ2n) is 3.01. The van der Waals surface area contributed by atoms with Crippen LogP contribution in [0.4, 0.5) is 4.79 Å². The monoisotopic (exact) mass is 206 g/mol. The molecule has 80 valence electrons. The molecule has 0 spiro atoms. The third-order valence-electron chi connectivity index (χ3n) is 1.69. The number of hydrogen-bond donors (Lipinski definition) is 0. The number of allylic oxidation sites excluding steroid dienone is 1. The van der Waals surface area contributed by atoms with Gasteiger partial charge in [-0.3, -0.25) is 0 Å². The van der Waals surface area contributed by atoms with Gasteiger partial charge in [0.25, 0.3) is 0 Å². The van der Waals surface area contributed by atoms with Gasteiger partial charge < -0.3 is 9.47 Å². The summed E-state index contributed by atoms with van der Waals surface area (Å²) in [6.45, 7) is 3.63. The van der Waals surface area contributed by atoms with Gasteiger partial charge in [0.15, 0.2) is 0 Å². The first kappa shape index (κ1) is 11.3. The van der Waals surface area contributed by atoms with Crippen LogP contribution in [0.5, 0.6) is 5.75 Å². The molecule has 0 N–H and O–H groups in total. The fraction of sp³-hybridized carbons (Fsp3) is 0.250. The smallest absolute Gasteiger partial charge is 0.427 e. The Kier molecular flexibility index (Phi) is 4.41. The summed E-state index contributed by atoms with van der Waals surface area (Å²) >= 11 is 0. The minimum Gasteiger partial charge on any atom is -0.427 e. The maximum Gasteiger partial charge on any atom is 0.514 e. The lowest BCUT2D eigenvalue weighted by Crippen LogP contribution is -2.16. The second-order valence-corrected chi connectivity index (χ2v) is 3.01. The molecular weight excluding hydrogens is 192 g/mol. The fourth-order valence-electron chi connectivity index (χ4n) is 1.07. The van der Waals surface area contributed by atoms with Crippen LogP contribution in [0.2, 0.25) is 0 Å². The largest absolute Gasteiger partial charge is 0.514 e. The van der Waals surface area contributed by atoms with Crippen molar-refractivity contribution in [2.45, 2.75) is 20.0 Å². The van der Waals surface area contributed by atoms with Crippen LogP contribution < -0.4 is 4.74 Å². The van der Waals surface area contributed by atoms with Crippen LogP contribution in [-0.2, 0) is 4.74 Å². The summed E-state index contributed by atoms with van der Waals surface area (Å²) in [5, 5.41) is 0. The van der Waals surface area contributed by atoms with E-state index in [0.29, 0.717) is 5.75 Å². The molecule has 0 fully saturated rings. The van der Waals surface area contributed by atoms with E-state index in [1.54, 1.807) is 37.3 Å². The molecule has 0 aromatic heterocycles. The minimum atomic E-state index is -0.688. The molecular formula is C12H14O3. The molecule has 15 heavy (non-hydrogen) atoms. The van der Waals surface area contributed by atoms with Crippen LogP contribution >= 0.6 is 0 Å². The summed E-state index contributed by atoms with van der Waals surface area (Å²) in [5.74, 6) is 0.482. The van der Waals surface area contributed by atoms with Crippen molar-refractivity contribution in [2.24, 2.45) is 0 Å². The van der Waals surface area contributed by atoms with E-state index in [1.165, 1.54) is 0 Å². The van der Waals surface area contributed by atoms with Crippen molar-refractivity contribution < 1.29 is 14.3 Å². The number of benzene rings is 1. The maximum absolute atomic E-state index is 11.2. The molecule has 0 saturated heterocycles. The van der Waals surface area contributed by atoms with Crippen LogP contribution in [-0.4, -0.2) is 12.3 Å². The normalized spacial score (nSPS) is 12.4. The van der Waals surface area contributed by atoms with E-state index in [-0.39, 0.29) is 6.10 Å². The quantitative estimate of drug-likeness (QED) is 0.433. The lowest BCUT2D eigenvalue weighted by molar-refractivity contribution is 0.0823. The van der Waals surface area contributed by atoms with Crippen molar-refractivity contribution in [2.75, 3.05) is 0 Å². The molecule has 0 aliphatic heterocycles. The maximum atomic E-state index is 11.2. The molecule has 0 radical (unpaired) electrons. The Labute approximate surface area is 89.3 Å². The summed E-state index contributed by atoms with van der Waals surface area (Å²) in [5.41, 5.74) is 0. The first-order valence-electron chi connectivity index (χ1n) is 4.78. The van der Waals surface area contributed by atoms with E-state index in [2.05, 4.69) is 0 Å².